The molecule has 0 bridgehead atoms. The first-order chi connectivity index (χ1) is 9.69. The number of nitrogens with two attached hydrogens (primary N) is 2. The monoisotopic (exact) mass is 299 g/mol. The van der Waals surface area contributed by atoms with Gasteiger partial charge in [-0.05, 0) is 36.2 Å². The summed E-state index contributed by atoms with van der Waals surface area (Å²) in [5.74, 6) is 0. The number of fused-ring (bicyclic) bond motifs is 1. The van der Waals surface area contributed by atoms with Crippen molar-refractivity contribution in [3.05, 3.63) is 65.9 Å². The maximum absolute atomic E-state index is 6.16. The SMILES string of the molecule is Cc1ccc(-[n+]2cccc3cc(CN)ccc32)c(N)c1.[Cl-]. The average Bonchev–Trinajstić information content (AvgIpc) is 2.46. The molecule has 1 aromatic heterocycles. The summed E-state index contributed by atoms with van der Waals surface area (Å²) in [4.78, 5) is 0. The van der Waals surface area contributed by atoms with E-state index in [4.69, 9.17) is 11.5 Å². The molecule has 1 heterocycles. The van der Waals surface area contributed by atoms with Crippen molar-refractivity contribution in [2.24, 2.45) is 5.73 Å². The highest BCUT2D eigenvalue weighted by atomic mass is 35.5. The molecule has 0 aliphatic rings. The predicted molar refractivity (Wildman–Crippen MR) is 82.5 cm³/mol. The van der Waals surface area contributed by atoms with Crippen molar-refractivity contribution < 1.29 is 17.0 Å². The van der Waals surface area contributed by atoms with Crippen LogP contribution in [0.15, 0.2) is 54.7 Å². The summed E-state index contributed by atoms with van der Waals surface area (Å²) < 4.78 is 2.12. The van der Waals surface area contributed by atoms with E-state index in [1.807, 2.05) is 25.3 Å². The quantitative estimate of drug-likeness (QED) is 0.494. The van der Waals surface area contributed by atoms with E-state index in [1.54, 1.807) is 0 Å². The Kier molecular flexibility index (Phi) is 4.46. The second-order valence-corrected chi connectivity index (χ2v) is 5.04. The molecule has 0 amide bonds. The molecule has 3 nitrogen and oxygen atoms in total. The summed E-state index contributed by atoms with van der Waals surface area (Å²) in [6.45, 7) is 2.60. The van der Waals surface area contributed by atoms with Crippen LogP contribution < -0.4 is 28.4 Å². The van der Waals surface area contributed by atoms with Crippen LogP contribution in [0.2, 0.25) is 0 Å². The lowest BCUT2D eigenvalue weighted by atomic mass is 10.1. The Morgan fingerprint density at radius 2 is 1.86 bits per heavy atom. The van der Waals surface area contributed by atoms with Crippen molar-refractivity contribution in [1.82, 2.24) is 0 Å². The van der Waals surface area contributed by atoms with E-state index in [9.17, 15) is 0 Å². The van der Waals surface area contributed by atoms with Crippen LogP contribution in [0.1, 0.15) is 11.1 Å². The molecule has 0 fully saturated rings. The molecule has 0 saturated heterocycles. The van der Waals surface area contributed by atoms with Gasteiger partial charge < -0.3 is 23.9 Å². The van der Waals surface area contributed by atoms with Crippen molar-refractivity contribution >= 4 is 16.6 Å². The molecule has 2 aromatic carbocycles. The first kappa shape index (κ1) is 15.3. The van der Waals surface area contributed by atoms with Crippen molar-refractivity contribution in [3.63, 3.8) is 0 Å². The number of hydrogen-bond donors (Lipinski definition) is 2. The van der Waals surface area contributed by atoms with Gasteiger partial charge in [0.05, 0.1) is 0 Å². The third-order valence-electron chi connectivity index (χ3n) is 3.54. The molecular formula is C17H18ClN3. The first-order valence-electron chi connectivity index (χ1n) is 6.69. The molecule has 0 unspecified atom stereocenters. The van der Waals surface area contributed by atoms with Gasteiger partial charge in [0.1, 0.15) is 5.69 Å². The summed E-state index contributed by atoms with van der Waals surface area (Å²) in [6, 6.07) is 16.5. The summed E-state index contributed by atoms with van der Waals surface area (Å²) in [5.41, 5.74) is 17.1. The first-order valence-corrected chi connectivity index (χ1v) is 6.69. The third kappa shape index (κ3) is 2.84. The highest BCUT2D eigenvalue weighted by Gasteiger charge is 2.14. The highest BCUT2D eigenvalue weighted by molar-refractivity contribution is 5.77. The van der Waals surface area contributed by atoms with Gasteiger partial charge in [0.25, 0.3) is 0 Å². The van der Waals surface area contributed by atoms with Crippen molar-refractivity contribution in [2.75, 3.05) is 5.73 Å². The van der Waals surface area contributed by atoms with Crippen molar-refractivity contribution in [1.29, 1.82) is 0 Å². The van der Waals surface area contributed by atoms with Gasteiger partial charge in [-0.1, -0.05) is 12.1 Å². The normalized spacial score (nSPS) is 10.4. The molecule has 0 saturated carbocycles. The van der Waals surface area contributed by atoms with Crippen LogP contribution in [-0.4, -0.2) is 0 Å². The minimum absolute atomic E-state index is 0. The number of anilines is 1. The van der Waals surface area contributed by atoms with Crippen molar-refractivity contribution in [3.8, 4) is 5.69 Å². The fraction of sp³-hybridized carbons (Fsp3) is 0.118. The number of halogens is 1. The van der Waals surface area contributed by atoms with Gasteiger partial charge in [-0.3, -0.25) is 0 Å². The molecule has 0 aliphatic carbocycles. The Morgan fingerprint density at radius 3 is 2.57 bits per heavy atom. The lowest BCUT2D eigenvalue weighted by molar-refractivity contribution is -0.566. The third-order valence-corrected chi connectivity index (χ3v) is 3.54. The molecule has 0 spiro atoms. The Hall–Kier alpha value is -2.10. The fourth-order valence-electron chi connectivity index (χ4n) is 2.50. The van der Waals surface area contributed by atoms with Crippen LogP contribution >= 0.6 is 0 Å². The molecule has 21 heavy (non-hydrogen) atoms. The maximum Gasteiger partial charge on any atom is 0.234 e. The van der Waals surface area contributed by atoms with E-state index in [0.29, 0.717) is 6.54 Å². The Labute approximate surface area is 130 Å². The molecular weight excluding hydrogens is 282 g/mol. The summed E-state index contributed by atoms with van der Waals surface area (Å²) in [7, 11) is 0. The number of hydrogen-bond acceptors (Lipinski definition) is 2. The van der Waals surface area contributed by atoms with E-state index in [-0.39, 0.29) is 12.4 Å². The molecule has 0 atom stereocenters. The summed E-state index contributed by atoms with van der Waals surface area (Å²) in [5, 5.41) is 1.16. The summed E-state index contributed by atoms with van der Waals surface area (Å²) >= 11 is 0. The number of aryl methyl sites for hydroxylation is 1. The molecule has 4 heteroatoms. The molecule has 3 rings (SSSR count). The van der Waals surface area contributed by atoms with Gasteiger partial charge >= 0.3 is 0 Å². The molecule has 3 aromatic rings. The Bertz CT molecular complexity index is 784. The number of aromatic nitrogens is 1. The molecule has 4 N–H and O–H groups in total. The van der Waals surface area contributed by atoms with Crippen molar-refractivity contribution in [2.45, 2.75) is 13.5 Å². The number of rotatable bonds is 2. The van der Waals surface area contributed by atoms with E-state index < -0.39 is 0 Å². The van der Waals surface area contributed by atoms with Crippen LogP contribution in [-0.2, 0) is 6.54 Å². The van der Waals surface area contributed by atoms with Crippen LogP contribution in [0.25, 0.3) is 16.6 Å². The van der Waals surface area contributed by atoms with Gasteiger partial charge in [-0.15, -0.1) is 0 Å². The standard InChI is InChI=1S/C17H18N3.ClH/c1-12-4-6-17(15(19)9-12)20-8-2-3-14-10-13(11-18)5-7-16(14)20;/h2-10H,11,18-19H2,1H3;1H/q+1;/p-1. The van der Waals surface area contributed by atoms with E-state index in [0.717, 1.165) is 33.4 Å². The lowest BCUT2D eigenvalue weighted by Crippen LogP contribution is -3.00. The lowest BCUT2D eigenvalue weighted by Gasteiger charge is -2.05. The van der Waals surface area contributed by atoms with Gasteiger partial charge in [-0.25, -0.2) is 0 Å². The highest BCUT2D eigenvalue weighted by Crippen LogP contribution is 2.18. The molecule has 108 valence electrons. The van der Waals surface area contributed by atoms with Crippen LogP contribution in [0.3, 0.4) is 0 Å². The smallest absolute Gasteiger partial charge is 0.234 e. The fourth-order valence-corrected chi connectivity index (χ4v) is 2.50. The van der Waals surface area contributed by atoms with Crippen LogP contribution in [0.4, 0.5) is 5.69 Å². The topological polar surface area (TPSA) is 55.9 Å². The zero-order valence-corrected chi connectivity index (χ0v) is 12.6. The number of nitrogens with zero attached hydrogens (tertiary/aromatic N) is 1. The zero-order valence-electron chi connectivity index (χ0n) is 11.9. The van der Waals surface area contributed by atoms with Gasteiger partial charge in [-0.2, -0.15) is 4.57 Å². The maximum atomic E-state index is 6.16. The molecule has 0 radical (unpaired) electrons. The van der Waals surface area contributed by atoms with Gasteiger partial charge in [0.15, 0.2) is 6.20 Å². The molecule has 0 aliphatic heterocycles. The van der Waals surface area contributed by atoms with Crippen LogP contribution in [0.5, 0.6) is 0 Å². The van der Waals surface area contributed by atoms with Gasteiger partial charge in [0, 0.05) is 30.1 Å². The number of pyridine rings is 1. The largest absolute Gasteiger partial charge is 1.00 e. The van der Waals surface area contributed by atoms with E-state index in [1.165, 1.54) is 0 Å². The predicted octanol–water partition coefficient (Wildman–Crippen LogP) is -0.530. The second kappa shape index (κ2) is 6.12. The minimum atomic E-state index is 0. The second-order valence-electron chi connectivity index (χ2n) is 5.04. The Morgan fingerprint density at radius 1 is 1.05 bits per heavy atom. The minimum Gasteiger partial charge on any atom is -1.00 e. The van der Waals surface area contributed by atoms with E-state index in [2.05, 4.69) is 41.0 Å². The Balaban J connectivity index is 0.00000161. The summed E-state index contributed by atoms with van der Waals surface area (Å²) in [6.07, 6.45) is 2.03. The average molecular weight is 300 g/mol. The zero-order chi connectivity index (χ0) is 14.1. The number of benzene rings is 2. The van der Waals surface area contributed by atoms with Crippen LogP contribution in [0, 0.1) is 6.92 Å². The van der Waals surface area contributed by atoms with E-state index >= 15 is 0 Å². The number of nitrogen functional groups attached to an aromatic ring is 1. The van der Waals surface area contributed by atoms with Gasteiger partial charge in [0.2, 0.25) is 11.2 Å².